The quantitative estimate of drug-likeness (QED) is 0.874. The third-order valence-corrected chi connectivity index (χ3v) is 4.24. The molecule has 2 aromatic rings. The number of carbonyl (C=O) groups excluding carboxylic acids is 1. The van der Waals surface area contributed by atoms with Gasteiger partial charge in [0.15, 0.2) is 0 Å². The zero-order chi connectivity index (χ0) is 16.9. The van der Waals surface area contributed by atoms with Gasteiger partial charge in [-0.25, -0.2) is 4.98 Å². The summed E-state index contributed by atoms with van der Waals surface area (Å²) in [6.45, 7) is 2.92. The Bertz CT molecular complexity index is 674. The number of methoxy groups -OCH3 is 1. The second-order valence-corrected chi connectivity index (χ2v) is 5.94. The summed E-state index contributed by atoms with van der Waals surface area (Å²) in [5.41, 5.74) is 1.13. The normalized spacial score (nSPS) is 20.3. The molecule has 1 aromatic carbocycles. The number of ether oxygens (including phenoxy) is 2. The second kappa shape index (κ2) is 7.44. The Morgan fingerprint density at radius 3 is 3.04 bits per heavy atom. The van der Waals surface area contributed by atoms with Crippen LogP contribution in [-0.4, -0.2) is 52.4 Å². The third kappa shape index (κ3) is 3.73. The Kier molecular flexibility index (Phi) is 5.10. The molecule has 7 heteroatoms. The molecule has 0 aliphatic carbocycles. The van der Waals surface area contributed by atoms with E-state index in [0.717, 1.165) is 17.7 Å². The number of nitrogens with one attached hydrogen (secondary N) is 1. The van der Waals surface area contributed by atoms with Gasteiger partial charge in [-0.1, -0.05) is 12.1 Å². The summed E-state index contributed by atoms with van der Waals surface area (Å²) in [5, 5.41) is 6.74. The van der Waals surface area contributed by atoms with Crippen LogP contribution in [-0.2, 0) is 9.53 Å². The summed E-state index contributed by atoms with van der Waals surface area (Å²) in [6, 6.07) is 7.68. The molecule has 1 N–H and O–H groups in total. The third-order valence-electron chi connectivity index (χ3n) is 4.24. The Labute approximate surface area is 141 Å². The molecule has 1 fully saturated rings. The van der Waals surface area contributed by atoms with E-state index in [2.05, 4.69) is 15.2 Å². The van der Waals surface area contributed by atoms with E-state index in [-0.39, 0.29) is 18.1 Å². The molecule has 0 bridgehead atoms. The van der Waals surface area contributed by atoms with E-state index in [1.54, 1.807) is 12.0 Å². The minimum atomic E-state index is -0.121. The zero-order valence-electron chi connectivity index (χ0n) is 13.9. The lowest BCUT2D eigenvalue weighted by atomic mass is 10.2. The Balaban J connectivity index is 1.58. The number of carbonyl (C=O) groups is 1. The first-order chi connectivity index (χ1) is 11.7. The molecule has 2 heterocycles. The fourth-order valence-electron chi connectivity index (χ4n) is 2.98. The lowest BCUT2D eigenvalue weighted by molar-refractivity contribution is -0.133. The maximum Gasteiger partial charge on any atom is 0.226 e. The number of aryl methyl sites for hydroxylation is 1. The largest absolute Gasteiger partial charge is 0.493 e. The van der Waals surface area contributed by atoms with Crippen LogP contribution in [0.5, 0.6) is 5.75 Å². The fourth-order valence-corrected chi connectivity index (χ4v) is 2.98. The number of hydrogen-bond acceptors (Lipinski definition) is 5. The average molecular weight is 330 g/mol. The molecule has 0 saturated carbocycles. The van der Waals surface area contributed by atoms with Crippen molar-refractivity contribution in [3.05, 3.63) is 42.0 Å². The average Bonchev–Trinajstić information content (AvgIpc) is 3.24. The van der Waals surface area contributed by atoms with Gasteiger partial charge in [-0.05, 0) is 24.6 Å². The number of hydrogen-bond donors (Lipinski definition) is 1. The van der Waals surface area contributed by atoms with Crippen LogP contribution in [0.25, 0.3) is 0 Å². The van der Waals surface area contributed by atoms with Crippen molar-refractivity contribution in [1.29, 1.82) is 0 Å². The predicted molar refractivity (Wildman–Crippen MR) is 87.5 cm³/mol. The number of amides is 1. The van der Waals surface area contributed by atoms with Crippen LogP contribution in [0.3, 0.4) is 0 Å². The smallest absolute Gasteiger partial charge is 0.226 e. The lowest BCUT2D eigenvalue weighted by Gasteiger charge is -2.22. The Morgan fingerprint density at radius 2 is 2.33 bits per heavy atom. The van der Waals surface area contributed by atoms with Crippen molar-refractivity contribution in [2.75, 3.05) is 20.3 Å². The molecule has 1 aliphatic rings. The number of likely N-dealkylation sites (tertiary alicyclic amines) is 1. The van der Waals surface area contributed by atoms with Crippen LogP contribution < -0.4 is 4.74 Å². The lowest BCUT2D eigenvalue weighted by Crippen LogP contribution is -2.33. The van der Waals surface area contributed by atoms with Crippen molar-refractivity contribution in [3.63, 3.8) is 0 Å². The van der Waals surface area contributed by atoms with Gasteiger partial charge in [0.1, 0.15) is 17.9 Å². The van der Waals surface area contributed by atoms with E-state index >= 15 is 0 Å². The summed E-state index contributed by atoms with van der Waals surface area (Å²) in [4.78, 5) is 18.6. The molecule has 7 nitrogen and oxygen atoms in total. The molecular weight excluding hydrogens is 308 g/mol. The standard InChI is InChI=1S/C17H22N4O3/c1-12-4-3-5-13(8-12)24-7-6-16(22)21-10-14(23-2)9-15(21)17-18-11-19-20-17/h3-5,8,11,14-15H,6-7,9-10H2,1-2H3,(H,18,19,20)/t14-,15+/m1/s1. The zero-order valence-corrected chi connectivity index (χ0v) is 13.9. The van der Waals surface area contributed by atoms with Gasteiger partial charge >= 0.3 is 0 Å². The van der Waals surface area contributed by atoms with Crippen LogP contribution in [0.15, 0.2) is 30.6 Å². The van der Waals surface area contributed by atoms with E-state index in [0.29, 0.717) is 25.4 Å². The van der Waals surface area contributed by atoms with E-state index in [9.17, 15) is 4.79 Å². The van der Waals surface area contributed by atoms with Crippen LogP contribution in [0.4, 0.5) is 0 Å². The van der Waals surface area contributed by atoms with Crippen molar-refractivity contribution < 1.29 is 14.3 Å². The van der Waals surface area contributed by atoms with Crippen LogP contribution >= 0.6 is 0 Å². The monoisotopic (exact) mass is 330 g/mol. The molecule has 0 unspecified atom stereocenters. The number of aromatic amines is 1. The number of rotatable bonds is 6. The highest BCUT2D eigenvalue weighted by Gasteiger charge is 2.37. The maximum atomic E-state index is 12.6. The summed E-state index contributed by atoms with van der Waals surface area (Å²) in [6.07, 6.45) is 2.51. The molecule has 1 saturated heterocycles. The highest BCUT2D eigenvalue weighted by Crippen LogP contribution is 2.31. The highest BCUT2D eigenvalue weighted by molar-refractivity contribution is 5.77. The molecule has 1 aromatic heterocycles. The van der Waals surface area contributed by atoms with E-state index in [1.807, 2.05) is 31.2 Å². The summed E-state index contributed by atoms with van der Waals surface area (Å²) < 4.78 is 11.1. The van der Waals surface area contributed by atoms with Crippen molar-refractivity contribution in [2.24, 2.45) is 0 Å². The number of benzene rings is 1. The second-order valence-electron chi connectivity index (χ2n) is 5.94. The molecule has 128 valence electrons. The predicted octanol–water partition coefficient (Wildman–Crippen LogP) is 1.87. The summed E-state index contributed by atoms with van der Waals surface area (Å²) in [5.74, 6) is 1.51. The van der Waals surface area contributed by atoms with Gasteiger partial charge in [-0.15, -0.1) is 0 Å². The van der Waals surface area contributed by atoms with Gasteiger partial charge in [-0.3, -0.25) is 9.89 Å². The number of nitrogens with zero attached hydrogens (tertiary/aromatic N) is 3. The van der Waals surface area contributed by atoms with Crippen molar-refractivity contribution in [3.8, 4) is 5.75 Å². The summed E-state index contributed by atoms with van der Waals surface area (Å²) in [7, 11) is 1.66. The van der Waals surface area contributed by atoms with E-state index in [4.69, 9.17) is 9.47 Å². The first-order valence-corrected chi connectivity index (χ1v) is 8.04. The molecule has 3 rings (SSSR count). The molecule has 24 heavy (non-hydrogen) atoms. The molecule has 2 atom stereocenters. The van der Waals surface area contributed by atoms with Gasteiger partial charge in [0.25, 0.3) is 0 Å². The topological polar surface area (TPSA) is 80.3 Å². The number of H-pyrrole nitrogens is 1. The van der Waals surface area contributed by atoms with Crippen molar-refractivity contribution in [2.45, 2.75) is 31.9 Å². The minimum Gasteiger partial charge on any atom is -0.493 e. The van der Waals surface area contributed by atoms with Gasteiger partial charge in [0, 0.05) is 20.1 Å². The van der Waals surface area contributed by atoms with Crippen molar-refractivity contribution in [1.82, 2.24) is 20.1 Å². The molecular formula is C17H22N4O3. The number of aromatic nitrogens is 3. The Hall–Kier alpha value is -2.41. The van der Waals surface area contributed by atoms with Crippen LogP contribution in [0.2, 0.25) is 0 Å². The van der Waals surface area contributed by atoms with Crippen molar-refractivity contribution >= 4 is 5.91 Å². The van der Waals surface area contributed by atoms with Crippen LogP contribution in [0.1, 0.15) is 30.3 Å². The van der Waals surface area contributed by atoms with E-state index < -0.39 is 0 Å². The van der Waals surface area contributed by atoms with Gasteiger partial charge in [-0.2, -0.15) is 5.10 Å². The summed E-state index contributed by atoms with van der Waals surface area (Å²) >= 11 is 0. The fraction of sp³-hybridized carbons (Fsp3) is 0.471. The Morgan fingerprint density at radius 1 is 1.46 bits per heavy atom. The first kappa shape index (κ1) is 16.4. The van der Waals surface area contributed by atoms with Crippen LogP contribution in [0, 0.1) is 6.92 Å². The van der Waals surface area contributed by atoms with Gasteiger partial charge < -0.3 is 14.4 Å². The molecule has 1 amide bonds. The molecule has 1 aliphatic heterocycles. The first-order valence-electron chi connectivity index (χ1n) is 8.04. The van der Waals surface area contributed by atoms with Gasteiger partial charge in [0.05, 0.1) is 25.2 Å². The minimum absolute atomic E-state index is 0.0155. The molecule has 0 radical (unpaired) electrons. The van der Waals surface area contributed by atoms with E-state index in [1.165, 1.54) is 6.33 Å². The highest BCUT2D eigenvalue weighted by atomic mass is 16.5. The van der Waals surface area contributed by atoms with Gasteiger partial charge in [0.2, 0.25) is 5.91 Å². The molecule has 0 spiro atoms. The SMILES string of the molecule is CO[C@@H]1C[C@@H](c2ncn[nH]2)N(C(=O)CCOc2cccc(C)c2)C1. The maximum absolute atomic E-state index is 12.6.